The van der Waals surface area contributed by atoms with Crippen molar-refractivity contribution < 1.29 is 4.74 Å². The zero-order valence-corrected chi connectivity index (χ0v) is 12.3. The van der Waals surface area contributed by atoms with Crippen molar-refractivity contribution in [2.45, 2.75) is 13.8 Å². The van der Waals surface area contributed by atoms with Crippen molar-refractivity contribution in [1.29, 1.82) is 0 Å². The molecule has 2 unspecified atom stereocenters. The Morgan fingerprint density at radius 1 is 0.765 bits per heavy atom. The normalized spacial score (nSPS) is 10.4. The third-order valence-corrected chi connectivity index (χ3v) is 3.45. The van der Waals surface area contributed by atoms with Gasteiger partial charge < -0.3 is 4.74 Å². The van der Waals surface area contributed by atoms with Crippen LogP contribution >= 0.6 is 18.5 Å². The van der Waals surface area contributed by atoms with E-state index in [1.54, 1.807) is 0 Å². The van der Waals surface area contributed by atoms with Crippen LogP contribution in [0.2, 0.25) is 0 Å². The van der Waals surface area contributed by atoms with Crippen LogP contribution in [-0.4, -0.2) is 0 Å². The highest BCUT2D eigenvalue weighted by Crippen LogP contribution is 2.22. The number of ether oxygens (including phenoxy) is 1. The molecule has 0 heterocycles. The second-order valence-electron chi connectivity index (χ2n) is 4.18. The van der Waals surface area contributed by atoms with E-state index in [0.29, 0.717) is 0 Å². The quantitative estimate of drug-likeness (QED) is 0.756. The van der Waals surface area contributed by atoms with Gasteiger partial charge in [0.15, 0.2) is 0 Å². The van der Waals surface area contributed by atoms with E-state index >= 15 is 0 Å². The molecule has 0 radical (unpaired) electrons. The first-order chi connectivity index (χ1) is 8.06. The van der Waals surface area contributed by atoms with Crippen LogP contribution in [0.4, 0.5) is 0 Å². The molecule has 0 fully saturated rings. The van der Waals surface area contributed by atoms with E-state index in [-0.39, 0.29) is 0 Å². The van der Waals surface area contributed by atoms with Gasteiger partial charge in [-0.1, -0.05) is 23.3 Å². The topological polar surface area (TPSA) is 9.23 Å². The summed E-state index contributed by atoms with van der Waals surface area (Å²) in [5.41, 5.74) is 2.47. The fourth-order valence-corrected chi connectivity index (χ4v) is 2.48. The first-order valence-corrected chi connectivity index (χ1v) is 6.62. The van der Waals surface area contributed by atoms with Crippen molar-refractivity contribution in [3.63, 3.8) is 0 Å². The van der Waals surface area contributed by atoms with E-state index < -0.39 is 0 Å². The molecule has 0 N–H and O–H groups in total. The standard InChI is InChI=1S/C14H16OP2/c1-9-3-5-11(13(16)7-9)15-12-6-4-10(2)8-14(12)17/h3-8H,16-17H2,1-2H3. The fourth-order valence-electron chi connectivity index (χ4n) is 1.64. The van der Waals surface area contributed by atoms with Crippen LogP contribution in [0.3, 0.4) is 0 Å². The molecule has 0 saturated heterocycles. The van der Waals surface area contributed by atoms with Gasteiger partial charge in [0.25, 0.3) is 0 Å². The van der Waals surface area contributed by atoms with Crippen molar-refractivity contribution in [1.82, 2.24) is 0 Å². The summed E-state index contributed by atoms with van der Waals surface area (Å²) in [6, 6.07) is 12.3. The second kappa shape index (κ2) is 5.17. The summed E-state index contributed by atoms with van der Waals surface area (Å²) in [5.74, 6) is 1.77. The van der Waals surface area contributed by atoms with Crippen molar-refractivity contribution >= 4 is 29.1 Å². The van der Waals surface area contributed by atoms with Gasteiger partial charge in [-0.25, -0.2) is 0 Å². The minimum atomic E-state index is 0.883. The molecule has 0 spiro atoms. The molecule has 2 aromatic rings. The highest BCUT2D eigenvalue weighted by molar-refractivity contribution is 7.28. The Labute approximate surface area is 107 Å². The number of rotatable bonds is 2. The molecule has 0 saturated carbocycles. The largest absolute Gasteiger partial charge is 0.456 e. The van der Waals surface area contributed by atoms with E-state index in [0.717, 1.165) is 22.1 Å². The van der Waals surface area contributed by atoms with Crippen LogP contribution in [0.5, 0.6) is 11.5 Å². The van der Waals surface area contributed by atoms with Crippen LogP contribution in [0.1, 0.15) is 11.1 Å². The summed E-state index contributed by atoms with van der Waals surface area (Å²) in [6.45, 7) is 4.15. The molecule has 0 amide bonds. The molecule has 17 heavy (non-hydrogen) atoms. The van der Waals surface area contributed by atoms with E-state index in [1.165, 1.54) is 11.1 Å². The van der Waals surface area contributed by atoms with E-state index in [1.807, 2.05) is 12.1 Å². The lowest BCUT2D eigenvalue weighted by Gasteiger charge is -2.11. The molecule has 2 rings (SSSR count). The predicted octanol–water partition coefficient (Wildman–Crippen LogP) is 3.10. The van der Waals surface area contributed by atoms with Gasteiger partial charge in [-0.2, -0.15) is 0 Å². The van der Waals surface area contributed by atoms with Crippen molar-refractivity contribution in [3.05, 3.63) is 47.5 Å². The highest BCUT2D eigenvalue weighted by atomic mass is 31.0. The van der Waals surface area contributed by atoms with Crippen LogP contribution in [0.25, 0.3) is 0 Å². The minimum Gasteiger partial charge on any atom is -0.456 e. The maximum atomic E-state index is 5.91. The summed E-state index contributed by atoms with van der Waals surface area (Å²) in [7, 11) is 5.42. The fraction of sp³-hybridized carbons (Fsp3) is 0.143. The van der Waals surface area contributed by atoms with Gasteiger partial charge in [-0.05, 0) is 38.1 Å². The predicted molar refractivity (Wildman–Crippen MR) is 81.1 cm³/mol. The number of aryl methyl sites for hydroxylation is 2. The van der Waals surface area contributed by atoms with Gasteiger partial charge >= 0.3 is 0 Å². The molecule has 1 nitrogen and oxygen atoms in total. The maximum absolute atomic E-state index is 5.91. The first kappa shape index (κ1) is 12.6. The molecule has 2 aromatic carbocycles. The smallest absolute Gasteiger partial charge is 0.134 e. The molecule has 0 bridgehead atoms. The van der Waals surface area contributed by atoms with Crippen molar-refractivity contribution in [3.8, 4) is 11.5 Å². The Bertz CT molecular complexity index is 500. The average molecular weight is 262 g/mol. The Hall–Kier alpha value is -0.900. The molecular formula is C14H16OP2. The molecule has 88 valence electrons. The van der Waals surface area contributed by atoms with Crippen LogP contribution in [0.15, 0.2) is 36.4 Å². The third-order valence-electron chi connectivity index (χ3n) is 2.55. The minimum absolute atomic E-state index is 0.883. The lowest BCUT2D eigenvalue weighted by molar-refractivity contribution is 0.490. The molecule has 0 aromatic heterocycles. The summed E-state index contributed by atoms with van der Waals surface area (Å²) >= 11 is 0. The monoisotopic (exact) mass is 262 g/mol. The molecular weight excluding hydrogens is 246 g/mol. The van der Waals surface area contributed by atoms with Gasteiger partial charge in [0.1, 0.15) is 11.5 Å². The van der Waals surface area contributed by atoms with E-state index in [2.05, 4.69) is 56.6 Å². The maximum Gasteiger partial charge on any atom is 0.134 e. The Balaban J connectivity index is 2.31. The molecule has 0 aliphatic rings. The molecule has 2 atom stereocenters. The second-order valence-corrected chi connectivity index (χ2v) is 5.43. The van der Waals surface area contributed by atoms with Gasteiger partial charge in [-0.3, -0.25) is 0 Å². The lowest BCUT2D eigenvalue weighted by atomic mass is 10.2. The molecule has 0 aliphatic carbocycles. The summed E-state index contributed by atoms with van der Waals surface area (Å²) in [6.07, 6.45) is 0. The average Bonchev–Trinajstić information content (AvgIpc) is 2.25. The lowest BCUT2D eigenvalue weighted by Crippen LogP contribution is -2.03. The summed E-state index contributed by atoms with van der Waals surface area (Å²) < 4.78 is 5.91. The van der Waals surface area contributed by atoms with Gasteiger partial charge in [-0.15, -0.1) is 18.5 Å². The van der Waals surface area contributed by atoms with Crippen LogP contribution in [0, 0.1) is 13.8 Å². The zero-order valence-electron chi connectivity index (χ0n) is 10.0. The molecule has 0 aliphatic heterocycles. The highest BCUT2D eigenvalue weighted by Gasteiger charge is 2.04. The van der Waals surface area contributed by atoms with E-state index in [4.69, 9.17) is 4.74 Å². The van der Waals surface area contributed by atoms with Gasteiger partial charge in [0.05, 0.1) is 0 Å². The van der Waals surface area contributed by atoms with Crippen LogP contribution < -0.4 is 15.3 Å². The number of benzene rings is 2. The summed E-state index contributed by atoms with van der Waals surface area (Å²) in [5, 5.41) is 2.16. The molecule has 3 heteroatoms. The van der Waals surface area contributed by atoms with Gasteiger partial charge in [0.2, 0.25) is 0 Å². The number of hydrogen-bond donors (Lipinski definition) is 0. The third kappa shape index (κ3) is 3.06. The van der Waals surface area contributed by atoms with Gasteiger partial charge in [0, 0.05) is 10.6 Å². The Morgan fingerprint density at radius 2 is 1.18 bits per heavy atom. The SMILES string of the molecule is Cc1ccc(Oc2ccc(C)cc2P)c(P)c1. The van der Waals surface area contributed by atoms with E-state index in [9.17, 15) is 0 Å². The van der Waals surface area contributed by atoms with Crippen molar-refractivity contribution in [2.24, 2.45) is 0 Å². The van der Waals surface area contributed by atoms with Crippen LogP contribution in [-0.2, 0) is 0 Å². The number of hydrogen-bond acceptors (Lipinski definition) is 1. The Morgan fingerprint density at radius 3 is 1.53 bits per heavy atom. The Kier molecular flexibility index (Phi) is 3.82. The first-order valence-electron chi connectivity index (χ1n) is 5.46. The van der Waals surface area contributed by atoms with Crippen molar-refractivity contribution in [2.75, 3.05) is 0 Å². The zero-order chi connectivity index (χ0) is 12.4. The summed E-state index contributed by atoms with van der Waals surface area (Å²) in [4.78, 5) is 0.